The lowest BCUT2D eigenvalue weighted by molar-refractivity contribution is 0.00578. The molecule has 0 N–H and O–H groups in total. The molecule has 6 aromatic carbocycles. The van der Waals surface area contributed by atoms with Crippen LogP contribution in [0.25, 0.3) is 75.6 Å². The Morgan fingerprint density at radius 1 is 0.562 bits per heavy atom. The van der Waals surface area contributed by atoms with Crippen molar-refractivity contribution in [2.24, 2.45) is 0 Å². The number of benzene rings is 6. The van der Waals surface area contributed by atoms with Gasteiger partial charge in [-0.2, -0.15) is 0 Å². The molecule has 1 aliphatic rings. The van der Waals surface area contributed by atoms with E-state index in [0.717, 1.165) is 49.0 Å². The summed E-state index contributed by atoms with van der Waals surface area (Å²) in [6.07, 6.45) is 0. The second kappa shape index (κ2) is 10.8. The SMILES string of the molecule is CC1(C)OB(c2cc(-c3nc(-c4ccccc4)c4sc5ccccc5c4n3)cc(-c3cc4ccccc4c4ccccc34)c2)OC1(C)C. The quantitative estimate of drug-likeness (QED) is 0.142. The highest BCUT2D eigenvalue weighted by Gasteiger charge is 2.51. The van der Waals surface area contributed by atoms with E-state index < -0.39 is 18.3 Å². The van der Waals surface area contributed by atoms with Crippen LogP contribution in [0.15, 0.2) is 127 Å². The first-order valence-corrected chi connectivity index (χ1v) is 17.2. The summed E-state index contributed by atoms with van der Waals surface area (Å²) >= 11 is 1.75. The number of hydrogen-bond donors (Lipinski definition) is 0. The predicted molar refractivity (Wildman–Crippen MR) is 202 cm³/mol. The molecule has 6 heteroatoms. The summed E-state index contributed by atoms with van der Waals surface area (Å²) in [4.78, 5) is 10.6. The minimum Gasteiger partial charge on any atom is -0.399 e. The standard InChI is InChI=1S/C42H33BN2O2S/c1-41(2)42(3,4)47-43(46-41)30-23-28(35-25-27-16-8-9-17-31(27)32-18-10-11-19-33(32)35)22-29(24-30)40-44-37(26-14-6-5-7-15-26)39-38(45-40)34-20-12-13-21-36(34)48-39/h5-25H,1-4H3. The molecule has 0 radical (unpaired) electrons. The van der Waals surface area contributed by atoms with Crippen molar-refractivity contribution >= 4 is 65.8 Å². The van der Waals surface area contributed by atoms with Gasteiger partial charge in [0, 0.05) is 21.2 Å². The molecular weight excluding hydrogens is 607 g/mol. The third-order valence-electron chi connectivity index (χ3n) is 10.1. The zero-order valence-electron chi connectivity index (χ0n) is 27.3. The van der Waals surface area contributed by atoms with Gasteiger partial charge >= 0.3 is 7.12 Å². The van der Waals surface area contributed by atoms with Gasteiger partial charge in [0.1, 0.15) is 0 Å². The summed E-state index contributed by atoms with van der Waals surface area (Å²) in [6, 6.07) is 45.1. The smallest absolute Gasteiger partial charge is 0.399 e. The van der Waals surface area contributed by atoms with E-state index in [1.54, 1.807) is 11.3 Å². The maximum atomic E-state index is 6.64. The van der Waals surface area contributed by atoms with E-state index in [0.29, 0.717) is 5.82 Å². The second-order valence-corrected chi connectivity index (χ2v) is 14.7. The van der Waals surface area contributed by atoms with Gasteiger partial charge in [-0.25, -0.2) is 9.97 Å². The van der Waals surface area contributed by atoms with Gasteiger partial charge in [0.2, 0.25) is 0 Å². The molecule has 48 heavy (non-hydrogen) atoms. The highest BCUT2D eigenvalue weighted by Crippen LogP contribution is 2.42. The zero-order chi connectivity index (χ0) is 32.6. The zero-order valence-corrected chi connectivity index (χ0v) is 28.1. The largest absolute Gasteiger partial charge is 0.494 e. The number of thiophene rings is 1. The predicted octanol–water partition coefficient (Wildman–Crippen LogP) is 10.5. The van der Waals surface area contributed by atoms with E-state index in [1.807, 2.05) is 6.07 Å². The van der Waals surface area contributed by atoms with Gasteiger partial charge in [-0.1, -0.05) is 109 Å². The lowest BCUT2D eigenvalue weighted by atomic mass is 9.76. The van der Waals surface area contributed by atoms with Crippen LogP contribution in [-0.4, -0.2) is 28.3 Å². The molecule has 9 rings (SSSR count). The van der Waals surface area contributed by atoms with E-state index in [1.165, 1.54) is 26.2 Å². The van der Waals surface area contributed by atoms with Crippen molar-refractivity contribution in [3.8, 4) is 33.8 Å². The average Bonchev–Trinajstić information content (AvgIpc) is 3.59. The fourth-order valence-corrected chi connectivity index (χ4v) is 8.01. The molecule has 2 aromatic heterocycles. The van der Waals surface area contributed by atoms with Crippen LogP contribution in [0.3, 0.4) is 0 Å². The van der Waals surface area contributed by atoms with Gasteiger partial charge in [0.25, 0.3) is 0 Å². The Labute approximate surface area is 284 Å². The first-order chi connectivity index (χ1) is 23.3. The topological polar surface area (TPSA) is 44.2 Å². The van der Waals surface area contributed by atoms with Crippen LogP contribution in [-0.2, 0) is 9.31 Å². The third-order valence-corrected chi connectivity index (χ3v) is 11.3. The van der Waals surface area contributed by atoms with Gasteiger partial charge in [-0.05, 0) is 84.0 Å². The molecule has 1 aliphatic heterocycles. The lowest BCUT2D eigenvalue weighted by Gasteiger charge is -2.32. The summed E-state index contributed by atoms with van der Waals surface area (Å²) in [5, 5.41) is 5.99. The number of rotatable bonds is 4. The van der Waals surface area contributed by atoms with Crippen LogP contribution in [0, 0.1) is 0 Å². The van der Waals surface area contributed by atoms with Crippen LogP contribution in [0.1, 0.15) is 27.7 Å². The summed E-state index contributed by atoms with van der Waals surface area (Å²) in [7, 11) is -0.542. The number of hydrogen-bond acceptors (Lipinski definition) is 5. The van der Waals surface area contributed by atoms with Crippen molar-refractivity contribution in [2.45, 2.75) is 38.9 Å². The molecule has 8 aromatic rings. The number of fused-ring (bicyclic) bond motifs is 6. The molecule has 1 fully saturated rings. The Bertz CT molecular complexity index is 2520. The molecule has 4 nitrogen and oxygen atoms in total. The molecule has 1 saturated heterocycles. The first kappa shape index (κ1) is 29.3. The molecule has 0 saturated carbocycles. The van der Waals surface area contributed by atoms with Crippen molar-refractivity contribution in [2.75, 3.05) is 0 Å². The maximum absolute atomic E-state index is 6.64. The minimum atomic E-state index is -0.542. The van der Waals surface area contributed by atoms with Crippen molar-refractivity contribution in [1.82, 2.24) is 9.97 Å². The molecular formula is C42H33BN2O2S. The molecule has 0 atom stereocenters. The lowest BCUT2D eigenvalue weighted by Crippen LogP contribution is -2.41. The number of nitrogens with zero attached hydrogens (tertiary/aromatic N) is 2. The Morgan fingerprint density at radius 3 is 1.96 bits per heavy atom. The van der Waals surface area contributed by atoms with Gasteiger partial charge in [0.05, 0.1) is 27.1 Å². The van der Waals surface area contributed by atoms with Crippen LogP contribution in [0.4, 0.5) is 0 Å². The fourth-order valence-electron chi connectivity index (χ4n) is 6.86. The Hall–Kier alpha value is -4.88. The average molecular weight is 641 g/mol. The Balaban J connectivity index is 1.33. The molecule has 0 amide bonds. The second-order valence-electron chi connectivity index (χ2n) is 13.7. The van der Waals surface area contributed by atoms with Crippen molar-refractivity contribution in [1.29, 1.82) is 0 Å². The van der Waals surface area contributed by atoms with Crippen LogP contribution in [0.2, 0.25) is 0 Å². The Kier molecular flexibility index (Phi) is 6.60. The molecule has 232 valence electrons. The minimum absolute atomic E-state index is 0.477. The molecule has 3 heterocycles. The fraction of sp³-hybridized carbons (Fsp3) is 0.143. The van der Waals surface area contributed by atoms with Crippen LogP contribution in [0.5, 0.6) is 0 Å². The molecule has 0 aliphatic carbocycles. The van der Waals surface area contributed by atoms with Crippen molar-refractivity contribution in [3.63, 3.8) is 0 Å². The van der Waals surface area contributed by atoms with Crippen LogP contribution < -0.4 is 5.46 Å². The van der Waals surface area contributed by atoms with Gasteiger partial charge in [-0.3, -0.25) is 0 Å². The summed E-state index contributed by atoms with van der Waals surface area (Å²) in [6.45, 7) is 8.39. The monoisotopic (exact) mass is 640 g/mol. The van der Waals surface area contributed by atoms with Gasteiger partial charge in [0.15, 0.2) is 5.82 Å². The normalized spacial score (nSPS) is 15.6. The van der Waals surface area contributed by atoms with E-state index >= 15 is 0 Å². The van der Waals surface area contributed by atoms with Crippen molar-refractivity contribution in [3.05, 3.63) is 127 Å². The van der Waals surface area contributed by atoms with Crippen molar-refractivity contribution < 1.29 is 9.31 Å². The van der Waals surface area contributed by atoms with E-state index in [9.17, 15) is 0 Å². The molecule has 0 spiro atoms. The highest BCUT2D eigenvalue weighted by molar-refractivity contribution is 7.26. The summed E-state index contributed by atoms with van der Waals surface area (Å²) in [5.74, 6) is 0.676. The first-order valence-electron chi connectivity index (χ1n) is 16.4. The molecule has 0 unspecified atom stereocenters. The maximum Gasteiger partial charge on any atom is 0.494 e. The summed E-state index contributed by atoms with van der Waals surface area (Å²) in [5.41, 5.74) is 6.11. The van der Waals surface area contributed by atoms with E-state index in [-0.39, 0.29) is 0 Å². The van der Waals surface area contributed by atoms with Gasteiger partial charge < -0.3 is 9.31 Å². The van der Waals surface area contributed by atoms with Crippen LogP contribution >= 0.6 is 11.3 Å². The van der Waals surface area contributed by atoms with E-state index in [4.69, 9.17) is 19.3 Å². The highest BCUT2D eigenvalue weighted by atomic mass is 32.1. The van der Waals surface area contributed by atoms with E-state index in [2.05, 4.69) is 149 Å². The number of aromatic nitrogens is 2. The Morgan fingerprint density at radius 2 is 1.19 bits per heavy atom. The third kappa shape index (κ3) is 4.67. The van der Waals surface area contributed by atoms with Gasteiger partial charge in [-0.15, -0.1) is 11.3 Å². The summed E-state index contributed by atoms with van der Waals surface area (Å²) < 4.78 is 15.6. The molecule has 0 bridgehead atoms.